The second-order valence-corrected chi connectivity index (χ2v) is 18.4. The maximum atomic E-state index is 14.4. The third-order valence-electron chi connectivity index (χ3n) is 14.4. The Kier molecular flexibility index (Phi) is 15.9. The fourth-order valence-electron chi connectivity index (χ4n) is 10.5. The molecule has 0 unspecified atom stereocenters. The van der Waals surface area contributed by atoms with Crippen LogP contribution in [0, 0.1) is 41.4 Å². The highest BCUT2D eigenvalue weighted by Gasteiger charge is 2.63. The van der Waals surface area contributed by atoms with Crippen molar-refractivity contribution in [3.05, 3.63) is 17.5 Å². The Morgan fingerprint density at radius 1 is 0.893 bits per heavy atom. The van der Waals surface area contributed by atoms with Gasteiger partial charge in [0.05, 0.1) is 53.7 Å². The number of rotatable bonds is 12. The van der Waals surface area contributed by atoms with Crippen molar-refractivity contribution in [1.29, 1.82) is 0 Å². The van der Waals surface area contributed by atoms with E-state index in [0.717, 1.165) is 6.42 Å². The number of nitrogens with zero attached hydrogens (tertiary/aromatic N) is 1. The number of carbonyl (C=O) groups excluding carboxylic acids is 1. The second kappa shape index (κ2) is 18.8. The first-order valence-corrected chi connectivity index (χ1v) is 21.6. The molecule has 0 aromatic carbocycles. The van der Waals surface area contributed by atoms with Gasteiger partial charge in [-0.05, 0) is 95.6 Å². The molecular formula is C44H76NO11-. The Labute approximate surface area is 336 Å². The lowest BCUT2D eigenvalue weighted by atomic mass is 9.72. The van der Waals surface area contributed by atoms with Crippen LogP contribution in [0.25, 0.3) is 5.32 Å². The lowest BCUT2D eigenvalue weighted by Crippen LogP contribution is -2.63. The van der Waals surface area contributed by atoms with Crippen LogP contribution in [0.15, 0.2) is 12.2 Å². The molecule has 4 N–H and O–H groups in total. The summed E-state index contributed by atoms with van der Waals surface area (Å²) in [5.41, 5.74) is -1.63. The van der Waals surface area contributed by atoms with Gasteiger partial charge in [-0.15, -0.1) is 0 Å². The lowest BCUT2D eigenvalue weighted by molar-refractivity contribution is -0.409. The maximum Gasteiger partial charge on any atom is 0.309 e. The molecule has 5 rings (SSSR count). The lowest BCUT2D eigenvalue weighted by Gasteiger charge is -2.54. The minimum absolute atomic E-state index is 0.0137. The van der Waals surface area contributed by atoms with Crippen molar-refractivity contribution in [2.75, 3.05) is 14.1 Å². The molecule has 0 saturated carbocycles. The van der Waals surface area contributed by atoms with E-state index in [9.17, 15) is 30.0 Å². The van der Waals surface area contributed by atoms with Crippen molar-refractivity contribution in [3.63, 3.8) is 0 Å². The van der Waals surface area contributed by atoms with E-state index < -0.39 is 76.8 Å². The monoisotopic (exact) mass is 795 g/mol. The van der Waals surface area contributed by atoms with Gasteiger partial charge in [-0.25, -0.2) is 0 Å². The van der Waals surface area contributed by atoms with E-state index >= 15 is 0 Å². The van der Waals surface area contributed by atoms with E-state index in [4.69, 9.17) is 23.7 Å². The molecule has 4 saturated heterocycles. The number of aliphatic carboxylic acids is 1. The third-order valence-corrected chi connectivity index (χ3v) is 14.4. The van der Waals surface area contributed by atoms with Crippen LogP contribution in [0.1, 0.15) is 133 Å². The van der Waals surface area contributed by atoms with Gasteiger partial charge in [0, 0.05) is 30.1 Å². The Balaban J connectivity index is 0.00000225. The molecule has 12 heteroatoms. The topological polar surface area (TPSA) is 175 Å². The molecule has 5 aliphatic rings. The van der Waals surface area contributed by atoms with Gasteiger partial charge in [-0.1, -0.05) is 55.4 Å². The first kappa shape index (κ1) is 47.2. The number of hydrogen-bond acceptors (Lipinski definition) is 10. The van der Waals surface area contributed by atoms with Crippen LogP contribution in [-0.4, -0.2) is 112 Å². The van der Waals surface area contributed by atoms with Gasteiger partial charge in [0.1, 0.15) is 11.9 Å². The summed E-state index contributed by atoms with van der Waals surface area (Å²) < 4.78 is 33.5. The van der Waals surface area contributed by atoms with Crippen LogP contribution in [0.5, 0.6) is 0 Å². The van der Waals surface area contributed by atoms with E-state index in [2.05, 4.69) is 26.1 Å². The normalized spacial score (nSPS) is 44.0. The predicted molar refractivity (Wildman–Crippen MR) is 214 cm³/mol. The summed E-state index contributed by atoms with van der Waals surface area (Å²) in [5.74, 6) is -5.78. The Hall–Kier alpha value is -1.48. The maximum absolute atomic E-state index is 14.4. The van der Waals surface area contributed by atoms with Crippen LogP contribution in [0.4, 0.5) is 0 Å². The Morgan fingerprint density at radius 3 is 2.11 bits per heavy atom. The molecule has 12 nitrogen and oxygen atoms in total. The molecule has 5 heterocycles. The van der Waals surface area contributed by atoms with Crippen LogP contribution >= 0.6 is 0 Å². The van der Waals surface area contributed by atoms with Gasteiger partial charge < -0.3 is 49.4 Å². The van der Waals surface area contributed by atoms with Crippen molar-refractivity contribution in [1.82, 2.24) is 0 Å². The van der Waals surface area contributed by atoms with Gasteiger partial charge in [-0.3, -0.25) is 9.59 Å². The number of aliphatic hydroxyl groups is 3. The second-order valence-electron chi connectivity index (χ2n) is 18.4. The zero-order chi connectivity index (χ0) is 42.0. The molecule has 18 atom stereocenters. The molecule has 0 radical (unpaired) electrons. The van der Waals surface area contributed by atoms with Crippen molar-refractivity contribution in [2.45, 2.75) is 199 Å². The van der Waals surface area contributed by atoms with E-state index in [1.165, 1.54) is 0 Å². The van der Waals surface area contributed by atoms with Crippen LogP contribution in [-0.2, 0) is 33.3 Å². The molecule has 2 spiro atoms. The van der Waals surface area contributed by atoms with Gasteiger partial charge in [0.2, 0.25) is 5.79 Å². The number of ether oxygens (including phenoxy) is 5. The summed E-state index contributed by atoms with van der Waals surface area (Å²) in [4.78, 5) is 26.4. The molecule has 5 aliphatic heterocycles. The number of Topliss-reactive ketones (excluding diaryl/α,β-unsaturated/α-hetero) is 1. The number of carboxylic acids is 1. The van der Waals surface area contributed by atoms with Crippen molar-refractivity contribution < 1.29 is 53.7 Å². The average molecular weight is 795 g/mol. The summed E-state index contributed by atoms with van der Waals surface area (Å²) in [5, 5.41) is 47.5. The predicted octanol–water partition coefficient (Wildman–Crippen LogP) is 6.81. The molecule has 0 bridgehead atoms. The summed E-state index contributed by atoms with van der Waals surface area (Å²) in [6.07, 6.45) is 5.51. The highest BCUT2D eigenvalue weighted by atomic mass is 16.8. The standard InChI is InChI=1S/C42H70O11.C2H6N/c1-11-29(38(46)47)31-15-14-23(4)36(50-31)27(8)34(44)26(7)35(45)30(12-2)37-24(5)22-25(6)41(51-37)19-16-32(43)42(53-41)21-20-39(10,52-42)33-17-18-40(48,13-3)28(9)49-33;1-3-2/h16,19,23-34,36-37,43-44,48H,11-15,17-18,20-22H2,1-10H3,(H,46,47);1-2H3/q;-1/t23-,24-,25+,26-,27-,28-,29+,30-,31+,32+,33+,34+,36+,37-,39-,40+,41-,42-;/m0./s1. The van der Waals surface area contributed by atoms with Gasteiger partial charge >= 0.3 is 5.97 Å². The molecule has 0 aromatic heterocycles. The van der Waals surface area contributed by atoms with E-state index in [1.54, 1.807) is 33.2 Å². The molecule has 0 amide bonds. The Bertz CT molecular complexity index is 1350. The zero-order valence-electron chi connectivity index (χ0n) is 36.4. The van der Waals surface area contributed by atoms with Gasteiger partial charge in [0.15, 0.2) is 5.79 Å². The number of carbonyl (C=O) groups is 2. The molecular weight excluding hydrogens is 718 g/mol. The van der Waals surface area contributed by atoms with E-state index in [0.29, 0.717) is 57.8 Å². The minimum Gasteiger partial charge on any atom is -0.668 e. The van der Waals surface area contributed by atoms with E-state index in [-0.39, 0.29) is 41.8 Å². The van der Waals surface area contributed by atoms with E-state index in [1.807, 2.05) is 41.5 Å². The summed E-state index contributed by atoms with van der Waals surface area (Å²) >= 11 is 0. The first-order valence-electron chi connectivity index (χ1n) is 21.6. The number of hydrogen-bond donors (Lipinski definition) is 4. The van der Waals surface area contributed by atoms with Crippen molar-refractivity contribution >= 4 is 11.8 Å². The number of ketones is 1. The van der Waals surface area contributed by atoms with Gasteiger partial charge in [0.25, 0.3) is 0 Å². The first-order chi connectivity index (χ1) is 26.2. The minimum atomic E-state index is -1.37. The van der Waals surface area contributed by atoms with Crippen molar-refractivity contribution in [3.8, 4) is 0 Å². The Morgan fingerprint density at radius 2 is 1.54 bits per heavy atom. The highest BCUT2D eigenvalue weighted by molar-refractivity contribution is 5.84. The highest BCUT2D eigenvalue weighted by Crippen LogP contribution is 2.54. The van der Waals surface area contributed by atoms with Crippen molar-refractivity contribution in [2.24, 2.45) is 41.4 Å². The largest absolute Gasteiger partial charge is 0.668 e. The number of aliphatic hydroxyl groups excluding tert-OH is 2. The van der Waals surface area contributed by atoms with Crippen LogP contribution in [0.2, 0.25) is 0 Å². The fourth-order valence-corrected chi connectivity index (χ4v) is 10.5. The van der Waals surface area contributed by atoms with Crippen LogP contribution < -0.4 is 0 Å². The molecule has 0 aliphatic carbocycles. The molecule has 324 valence electrons. The molecule has 56 heavy (non-hydrogen) atoms. The zero-order valence-corrected chi connectivity index (χ0v) is 36.4. The average Bonchev–Trinajstić information content (AvgIpc) is 3.50. The SMILES string of the molecule is CC[C@@H](C(=O)[C@@H](C)[C@@H](O)[C@H](C)[C@@H]1O[C@@H]([C@@H](CC)C(=O)O)CC[C@@H]1C)[C@H]1O[C@]2(C=C[C@@H](O)[C@]3(CC[C@@](C)([C@H]4CC[C@](O)(CC)[C@H](C)O4)O3)O2)[C@H](C)C[C@@H]1C.C[N-]C. The third kappa shape index (κ3) is 9.29. The van der Waals surface area contributed by atoms with Gasteiger partial charge in [-0.2, -0.15) is 14.1 Å². The summed E-state index contributed by atoms with van der Waals surface area (Å²) in [7, 11) is 3.50. The fraction of sp³-hybridized carbons (Fsp3) is 0.909. The van der Waals surface area contributed by atoms with Crippen LogP contribution in [0.3, 0.4) is 0 Å². The summed E-state index contributed by atoms with van der Waals surface area (Å²) in [6.45, 7) is 19.6. The number of carboxylic acid groups (broad SMARTS) is 1. The quantitative estimate of drug-likeness (QED) is 0.153. The smallest absolute Gasteiger partial charge is 0.309 e. The summed E-state index contributed by atoms with van der Waals surface area (Å²) in [6, 6.07) is 0. The molecule has 4 fully saturated rings. The molecule has 0 aromatic rings.